The number of carbonyl (C=O) groups is 1. The molecule has 0 amide bonds. The lowest BCUT2D eigenvalue weighted by Crippen LogP contribution is -2.04. The molecule has 0 unspecified atom stereocenters. The monoisotopic (exact) mass is 289 g/mol. The average Bonchev–Trinajstić information content (AvgIpc) is 2.52. The highest BCUT2D eigenvalue weighted by Crippen LogP contribution is 2.19. The van der Waals surface area contributed by atoms with Crippen molar-refractivity contribution in [2.75, 3.05) is 19.5 Å². The molecule has 0 saturated carbocycles. The minimum Gasteiger partial charge on any atom is -0.494 e. The molecule has 0 aliphatic carbocycles. The van der Waals surface area contributed by atoms with Crippen LogP contribution < -0.4 is 10.1 Å². The van der Waals surface area contributed by atoms with Crippen LogP contribution in [0.1, 0.15) is 15.9 Å². The van der Waals surface area contributed by atoms with E-state index in [0.29, 0.717) is 12.1 Å². The number of benzene rings is 2. The van der Waals surface area contributed by atoms with Crippen molar-refractivity contribution >= 4 is 11.7 Å². The number of carbonyl (C=O) groups excluding carboxylic acids is 1. The van der Waals surface area contributed by atoms with Gasteiger partial charge in [-0.05, 0) is 35.9 Å². The van der Waals surface area contributed by atoms with Crippen molar-refractivity contribution in [2.24, 2.45) is 0 Å². The van der Waals surface area contributed by atoms with Crippen molar-refractivity contribution in [2.45, 2.75) is 6.54 Å². The second-order valence-electron chi connectivity index (χ2n) is 4.39. The van der Waals surface area contributed by atoms with Crippen LogP contribution in [0.3, 0.4) is 0 Å². The van der Waals surface area contributed by atoms with Crippen molar-refractivity contribution in [1.82, 2.24) is 0 Å². The first kappa shape index (κ1) is 14.8. The molecule has 0 saturated heterocycles. The topological polar surface area (TPSA) is 47.6 Å². The molecular weight excluding hydrogens is 273 g/mol. The zero-order valence-electron chi connectivity index (χ0n) is 11.9. The Balaban J connectivity index is 2.06. The lowest BCUT2D eigenvalue weighted by Gasteiger charge is -2.09. The highest BCUT2D eigenvalue weighted by Gasteiger charge is 2.06. The second kappa shape index (κ2) is 6.74. The van der Waals surface area contributed by atoms with Gasteiger partial charge < -0.3 is 14.8 Å². The number of hydrogen-bond acceptors (Lipinski definition) is 4. The first-order chi connectivity index (χ1) is 10.1. The summed E-state index contributed by atoms with van der Waals surface area (Å²) in [6.07, 6.45) is 0. The van der Waals surface area contributed by atoms with Crippen LogP contribution in [-0.4, -0.2) is 20.2 Å². The molecule has 1 N–H and O–H groups in total. The van der Waals surface area contributed by atoms with Crippen molar-refractivity contribution in [3.63, 3.8) is 0 Å². The molecular formula is C16H16FNO3. The van der Waals surface area contributed by atoms with E-state index in [0.717, 1.165) is 11.3 Å². The maximum Gasteiger partial charge on any atom is 0.337 e. The number of halogens is 1. The van der Waals surface area contributed by atoms with E-state index >= 15 is 0 Å². The van der Waals surface area contributed by atoms with Gasteiger partial charge in [0.1, 0.15) is 0 Å². The molecule has 0 atom stereocenters. The van der Waals surface area contributed by atoms with E-state index in [1.165, 1.54) is 20.3 Å². The zero-order chi connectivity index (χ0) is 15.2. The Morgan fingerprint density at radius 3 is 2.67 bits per heavy atom. The SMILES string of the molecule is COC(=O)c1cccc(NCc2ccc(OC)c(F)c2)c1. The van der Waals surface area contributed by atoms with Crippen LogP contribution in [0.2, 0.25) is 0 Å². The van der Waals surface area contributed by atoms with Crippen LogP contribution >= 0.6 is 0 Å². The number of ether oxygens (including phenoxy) is 2. The molecule has 0 aromatic heterocycles. The molecule has 2 aromatic carbocycles. The maximum atomic E-state index is 13.6. The van der Waals surface area contributed by atoms with Crippen molar-refractivity contribution in [1.29, 1.82) is 0 Å². The van der Waals surface area contributed by atoms with Gasteiger partial charge in [-0.2, -0.15) is 0 Å². The summed E-state index contributed by atoms with van der Waals surface area (Å²) in [5.41, 5.74) is 1.99. The molecule has 21 heavy (non-hydrogen) atoms. The van der Waals surface area contributed by atoms with E-state index in [4.69, 9.17) is 4.74 Å². The standard InChI is InChI=1S/C16H16FNO3/c1-20-15-7-6-11(8-14(15)17)10-18-13-5-3-4-12(9-13)16(19)21-2/h3-9,18H,10H2,1-2H3. The van der Waals surface area contributed by atoms with Gasteiger partial charge in [0.15, 0.2) is 11.6 Å². The zero-order valence-corrected chi connectivity index (χ0v) is 11.9. The summed E-state index contributed by atoms with van der Waals surface area (Å²) in [4.78, 5) is 11.4. The fourth-order valence-electron chi connectivity index (χ4n) is 1.90. The molecule has 0 fully saturated rings. The lowest BCUT2D eigenvalue weighted by molar-refractivity contribution is 0.0601. The van der Waals surface area contributed by atoms with Crippen LogP contribution in [0, 0.1) is 5.82 Å². The van der Waals surface area contributed by atoms with E-state index in [1.54, 1.807) is 30.3 Å². The van der Waals surface area contributed by atoms with Crippen LogP contribution in [-0.2, 0) is 11.3 Å². The Hall–Kier alpha value is -2.56. The van der Waals surface area contributed by atoms with Gasteiger partial charge in [-0.3, -0.25) is 0 Å². The average molecular weight is 289 g/mol. The van der Waals surface area contributed by atoms with Crippen molar-refractivity contribution < 1.29 is 18.7 Å². The van der Waals surface area contributed by atoms with Crippen molar-refractivity contribution in [3.05, 3.63) is 59.4 Å². The van der Waals surface area contributed by atoms with Gasteiger partial charge in [-0.25, -0.2) is 9.18 Å². The molecule has 2 aromatic rings. The Kier molecular flexibility index (Phi) is 4.77. The molecule has 0 radical (unpaired) electrons. The van der Waals surface area contributed by atoms with Crippen LogP contribution in [0.25, 0.3) is 0 Å². The summed E-state index contributed by atoms with van der Waals surface area (Å²) in [6.45, 7) is 0.436. The largest absolute Gasteiger partial charge is 0.494 e. The third-order valence-corrected chi connectivity index (χ3v) is 3.00. The van der Waals surface area contributed by atoms with Gasteiger partial charge in [0.05, 0.1) is 19.8 Å². The Morgan fingerprint density at radius 2 is 2.00 bits per heavy atom. The Labute approximate surface area is 122 Å². The molecule has 2 rings (SSSR count). The summed E-state index contributed by atoms with van der Waals surface area (Å²) in [7, 11) is 2.76. The van der Waals surface area contributed by atoms with Gasteiger partial charge in [-0.1, -0.05) is 12.1 Å². The van der Waals surface area contributed by atoms with Crippen LogP contribution in [0.15, 0.2) is 42.5 Å². The summed E-state index contributed by atoms with van der Waals surface area (Å²) in [5.74, 6) is -0.583. The Bertz CT molecular complexity index is 643. The molecule has 0 aliphatic rings. The predicted octanol–water partition coefficient (Wildman–Crippen LogP) is 3.23. The van der Waals surface area contributed by atoms with Gasteiger partial charge in [0.25, 0.3) is 0 Å². The number of anilines is 1. The quantitative estimate of drug-likeness (QED) is 0.858. The smallest absolute Gasteiger partial charge is 0.337 e. The number of methoxy groups -OCH3 is 2. The predicted molar refractivity (Wildman–Crippen MR) is 78.1 cm³/mol. The van der Waals surface area contributed by atoms with Crippen LogP contribution in [0.5, 0.6) is 5.75 Å². The molecule has 0 heterocycles. The molecule has 110 valence electrons. The number of nitrogens with one attached hydrogen (secondary N) is 1. The fraction of sp³-hybridized carbons (Fsp3) is 0.188. The maximum absolute atomic E-state index is 13.6. The summed E-state index contributed by atoms with van der Waals surface area (Å²) in [6, 6.07) is 11.7. The van der Waals surface area contributed by atoms with E-state index in [2.05, 4.69) is 10.1 Å². The summed E-state index contributed by atoms with van der Waals surface area (Å²) >= 11 is 0. The molecule has 4 nitrogen and oxygen atoms in total. The van der Waals surface area contributed by atoms with Gasteiger partial charge in [0.2, 0.25) is 0 Å². The minimum atomic E-state index is -0.403. The lowest BCUT2D eigenvalue weighted by atomic mass is 10.1. The first-order valence-electron chi connectivity index (χ1n) is 6.38. The number of esters is 1. The molecule has 0 aliphatic heterocycles. The summed E-state index contributed by atoms with van der Waals surface area (Å²) < 4.78 is 23.1. The number of rotatable bonds is 5. The van der Waals surface area contributed by atoms with E-state index < -0.39 is 11.8 Å². The highest BCUT2D eigenvalue weighted by molar-refractivity contribution is 5.90. The minimum absolute atomic E-state index is 0.214. The molecule has 0 bridgehead atoms. The normalized spacial score (nSPS) is 10.0. The van der Waals surface area contributed by atoms with E-state index in [9.17, 15) is 9.18 Å². The molecule has 0 spiro atoms. The van der Waals surface area contributed by atoms with Gasteiger partial charge in [0, 0.05) is 12.2 Å². The third-order valence-electron chi connectivity index (χ3n) is 3.00. The van der Waals surface area contributed by atoms with E-state index in [1.807, 2.05) is 6.07 Å². The molecule has 5 heteroatoms. The second-order valence-corrected chi connectivity index (χ2v) is 4.39. The summed E-state index contributed by atoms with van der Waals surface area (Å²) in [5, 5.41) is 3.13. The Morgan fingerprint density at radius 1 is 1.19 bits per heavy atom. The van der Waals surface area contributed by atoms with Crippen LogP contribution in [0.4, 0.5) is 10.1 Å². The first-order valence-corrected chi connectivity index (χ1v) is 6.38. The highest BCUT2D eigenvalue weighted by atomic mass is 19.1. The third kappa shape index (κ3) is 3.72. The fourth-order valence-corrected chi connectivity index (χ4v) is 1.90. The van der Waals surface area contributed by atoms with Crippen molar-refractivity contribution in [3.8, 4) is 5.75 Å². The van der Waals surface area contributed by atoms with E-state index in [-0.39, 0.29) is 5.75 Å². The van der Waals surface area contributed by atoms with Gasteiger partial charge >= 0.3 is 5.97 Å². The number of hydrogen-bond donors (Lipinski definition) is 1. The van der Waals surface area contributed by atoms with Gasteiger partial charge in [-0.15, -0.1) is 0 Å².